The van der Waals surface area contributed by atoms with E-state index in [-0.39, 0.29) is 0 Å². The van der Waals surface area contributed by atoms with E-state index in [4.69, 9.17) is 10.5 Å². The smallest absolute Gasteiger partial charge is 0.142 e. The quantitative estimate of drug-likeness (QED) is 0.817. The van der Waals surface area contributed by atoms with Gasteiger partial charge >= 0.3 is 0 Å². The normalized spacial score (nSPS) is 10.3. The van der Waals surface area contributed by atoms with Crippen molar-refractivity contribution in [1.29, 1.82) is 0 Å². The topological polar surface area (TPSA) is 38.5 Å². The molecule has 3 heteroatoms. The van der Waals surface area contributed by atoms with Crippen molar-refractivity contribution in [1.82, 2.24) is 0 Å². The van der Waals surface area contributed by atoms with Crippen LogP contribution in [0.4, 0.5) is 11.4 Å². The Balaban J connectivity index is 1.91. The molecule has 0 saturated carbocycles. The Labute approximate surface area is 121 Å². The van der Waals surface area contributed by atoms with E-state index in [0.29, 0.717) is 12.3 Å². The SMILES string of the molecule is CCN(CCOc1ccccc1N)c1ccc(C)cc1. The van der Waals surface area contributed by atoms with Gasteiger partial charge < -0.3 is 15.4 Å². The molecule has 0 radical (unpaired) electrons. The Morgan fingerprint density at radius 3 is 2.40 bits per heavy atom. The third kappa shape index (κ3) is 3.67. The first-order chi connectivity index (χ1) is 9.70. The second-order valence-electron chi connectivity index (χ2n) is 4.80. The summed E-state index contributed by atoms with van der Waals surface area (Å²) in [5.41, 5.74) is 9.05. The van der Waals surface area contributed by atoms with Crippen molar-refractivity contribution in [3.05, 3.63) is 54.1 Å². The van der Waals surface area contributed by atoms with Gasteiger partial charge in [0.05, 0.1) is 12.2 Å². The third-order valence-electron chi connectivity index (χ3n) is 3.32. The van der Waals surface area contributed by atoms with Crippen molar-refractivity contribution in [2.75, 3.05) is 30.3 Å². The summed E-state index contributed by atoms with van der Waals surface area (Å²) in [4.78, 5) is 2.29. The first kappa shape index (κ1) is 14.3. The predicted molar refractivity (Wildman–Crippen MR) is 85.4 cm³/mol. The molecule has 0 aliphatic carbocycles. The van der Waals surface area contributed by atoms with Crippen molar-refractivity contribution in [2.24, 2.45) is 0 Å². The monoisotopic (exact) mass is 270 g/mol. The summed E-state index contributed by atoms with van der Waals surface area (Å²) in [6.07, 6.45) is 0. The number of para-hydroxylation sites is 2. The lowest BCUT2D eigenvalue weighted by Crippen LogP contribution is -2.28. The van der Waals surface area contributed by atoms with Crippen molar-refractivity contribution in [2.45, 2.75) is 13.8 Å². The zero-order chi connectivity index (χ0) is 14.4. The van der Waals surface area contributed by atoms with Crippen LogP contribution < -0.4 is 15.4 Å². The molecule has 0 atom stereocenters. The first-order valence-corrected chi connectivity index (χ1v) is 6.99. The van der Waals surface area contributed by atoms with E-state index < -0.39 is 0 Å². The van der Waals surface area contributed by atoms with Gasteiger partial charge in [-0.15, -0.1) is 0 Å². The van der Waals surface area contributed by atoms with Crippen molar-refractivity contribution < 1.29 is 4.74 Å². The van der Waals surface area contributed by atoms with Gasteiger partial charge in [-0.05, 0) is 38.1 Å². The Morgan fingerprint density at radius 2 is 1.75 bits per heavy atom. The number of ether oxygens (including phenoxy) is 1. The molecule has 0 spiro atoms. The van der Waals surface area contributed by atoms with Gasteiger partial charge in [0.2, 0.25) is 0 Å². The van der Waals surface area contributed by atoms with Gasteiger partial charge in [-0.25, -0.2) is 0 Å². The van der Waals surface area contributed by atoms with Crippen molar-refractivity contribution >= 4 is 11.4 Å². The van der Waals surface area contributed by atoms with Crippen molar-refractivity contribution in [3.63, 3.8) is 0 Å². The summed E-state index contributed by atoms with van der Waals surface area (Å²) < 4.78 is 5.75. The van der Waals surface area contributed by atoms with Gasteiger partial charge in [0.25, 0.3) is 0 Å². The number of anilines is 2. The fourth-order valence-electron chi connectivity index (χ4n) is 2.10. The van der Waals surface area contributed by atoms with Gasteiger partial charge in [0, 0.05) is 12.2 Å². The molecule has 0 amide bonds. The average Bonchev–Trinajstić information content (AvgIpc) is 2.47. The van der Waals surface area contributed by atoms with E-state index in [1.807, 2.05) is 24.3 Å². The van der Waals surface area contributed by atoms with Crippen LogP contribution in [0.1, 0.15) is 12.5 Å². The van der Waals surface area contributed by atoms with Crippen LogP contribution in [-0.2, 0) is 0 Å². The van der Waals surface area contributed by atoms with Gasteiger partial charge in [-0.3, -0.25) is 0 Å². The molecule has 0 fully saturated rings. The van der Waals surface area contributed by atoms with E-state index >= 15 is 0 Å². The Morgan fingerprint density at radius 1 is 1.05 bits per heavy atom. The minimum atomic E-state index is 0.621. The molecule has 0 saturated heterocycles. The number of nitrogens with two attached hydrogens (primary N) is 1. The van der Waals surface area contributed by atoms with Gasteiger partial charge in [0.15, 0.2) is 0 Å². The Kier molecular flexibility index (Phi) is 4.88. The van der Waals surface area contributed by atoms with Crippen LogP contribution >= 0.6 is 0 Å². The Hall–Kier alpha value is -2.16. The van der Waals surface area contributed by atoms with E-state index in [1.54, 1.807) is 0 Å². The van der Waals surface area contributed by atoms with E-state index in [2.05, 4.69) is 43.0 Å². The summed E-state index contributed by atoms with van der Waals surface area (Å²) in [7, 11) is 0. The molecule has 2 N–H and O–H groups in total. The van der Waals surface area contributed by atoms with Gasteiger partial charge in [0.1, 0.15) is 12.4 Å². The summed E-state index contributed by atoms with van der Waals surface area (Å²) in [5.74, 6) is 0.757. The maximum atomic E-state index is 5.86. The lowest BCUT2D eigenvalue weighted by molar-refractivity contribution is 0.326. The number of nitrogens with zero attached hydrogens (tertiary/aromatic N) is 1. The molecule has 2 rings (SSSR count). The molecule has 106 valence electrons. The molecule has 0 heterocycles. The highest BCUT2D eigenvalue weighted by molar-refractivity contribution is 5.52. The number of aryl methyl sites for hydroxylation is 1. The second kappa shape index (κ2) is 6.85. The largest absolute Gasteiger partial charge is 0.490 e. The average molecular weight is 270 g/mol. The van der Waals surface area contributed by atoms with Crippen molar-refractivity contribution in [3.8, 4) is 5.75 Å². The number of likely N-dealkylation sites (N-methyl/N-ethyl adjacent to an activating group) is 1. The highest BCUT2D eigenvalue weighted by atomic mass is 16.5. The van der Waals surface area contributed by atoms with Gasteiger partial charge in [-0.1, -0.05) is 29.8 Å². The van der Waals surface area contributed by atoms with Crippen LogP contribution in [0.15, 0.2) is 48.5 Å². The highest BCUT2D eigenvalue weighted by Gasteiger charge is 2.05. The Bertz CT molecular complexity index is 537. The van der Waals surface area contributed by atoms with Gasteiger partial charge in [-0.2, -0.15) is 0 Å². The highest BCUT2D eigenvalue weighted by Crippen LogP contribution is 2.20. The number of hydrogen-bond acceptors (Lipinski definition) is 3. The maximum Gasteiger partial charge on any atom is 0.142 e. The van der Waals surface area contributed by atoms with Crippen LogP contribution in [0, 0.1) is 6.92 Å². The number of benzene rings is 2. The van der Waals surface area contributed by atoms with E-state index in [0.717, 1.165) is 18.8 Å². The maximum absolute atomic E-state index is 5.86. The van der Waals surface area contributed by atoms with E-state index in [9.17, 15) is 0 Å². The summed E-state index contributed by atoms with van der Waals surface area (Å²) in [6, 6.07) is 16.2. The molecule has 0 aliphatic heterocycles. The third-order valence-corrected chi connectivity index (χ3v) is 3.32. The van der Waals surface area contributed by atoms with Crippen LogP contribution in [0.25, 0.3) is 0 Å². The number of hydrogen-bond donors (Lipinski definition) is 1. The summed E-state index contributed by atoms with van der Waals surface area (Å²) >= 11 is 0. The molecule has 3 nitrogen and oxygen atoms in total. The minimum Gasteiger partial charge on any atom is -0.490 e. The summed E-state index contributed by atoms with van der Waals surface area (Å²) in [5, 5.41) is 0. The fourth-order valence-corrected chi connectivity index (χ4v) is 2.10. The second-order valence-corrected chi connectivity index (χ2v) is 4.80. The zero-order valence-corrected chi connectivity index (χ0v) is 12.2. The molecule has 0 unspecified atom stereocenters. The van der Waals surface area contributed by atoms with Crippen LogP contribution in [0.2, 0.25) is 0 Å². The number of nitrogen functional groups attached to an aromatic ring is 1. The molecule has 0 aromatic heterocycles. The molecule has 2 aromatic carbocycles. The lowest BCUT2D eigenvalue weighted by Gasteiger charge is -2.23. The number of rotatable bonds is 6. The predicted octanol–water partition coefficient (Wildman–Crippen LogP) is 3.48. The van der Waals surface area contributed by atoms with Crippen LogP contribution in [-0.4, -0.2) is 19.7 Å². The molecular weight excluding hydrogens is 248 g/mol. The minimum absolute atomic E-state index is 0.621. The summed E-state index contributed by atoms with van der Waals surface area (Å²) in [6.45, 7) is 6.67. The standard InChI is InChI=1S/C17H22N2O/c1-3-19(15-10-8-14(2)9-11-15)12-13-20-17-7-5-4-6-16(17)18/h4-11H,3,12-13,18H2,1-2H3. The van der Waals surface area contributed by atoms with E-state index in [1.165, 1.54) is 11.3 Å². The molecular formula is C17H22N2O. The first-order valence-electron chi connectivity index (χ1n) is 6.99. The van der Waals surface area contributed by atoms with Crippen LogP contribution in [0.3, 0.4) is 0 Å². The molecule has 0 aliphatic rings. The zero-order valence-electron chi connectivity index (χ0n) is 12.2. The fraction of sp³-hybridized carbons (Fsp3) is 0.294. The van der Waals surface area contributed by atoms with Crippen LogP contribution in [0.5, 0.6) is 5.75 Å². The molecule has 0 bridgehead atoms. The lowest BCUT2D eigenvalue weighted by atomic mass is 10.2. The molecule has 20 heavy (non-hydrogen) atoms. The molecule has 2 aromatic rings.